The normalized spacial score (nSPS) is 37.6. The molecule has 1 fully saturated rings. The Bertz CT molecular complexity index is 307. The molecule has 0 radical (unpaired) electrons. The molecular formula is C10H19NO7. The average Bonchev–Trinajstić information content (AvgIpc) is 2.29. The van der Waals surface area contributed by atoms with Crippen molar-refractivity contribution >= 4 is 5.91 Å². The SMILES string of the molecule is CC(C)(O[C@@H]1O[C@H](CO)[C@H](O)[C@H](O)[C@H]1O)C(N)=O. The first kappa shape index (κ1) is 15.3. The van der Waals surface area contributed by atoms with Gasteiger partial charge in [-0.25, -0.2) is 0 Å². The number of aliphatic hydroxyl groups is 4. The Hall–Kier alpha value is -0.770. The van der Waals surface area contributed by atoms with Crippen molar-refractivity contribution in [2.75, 3.05) is 6.61 Å². The molecule has 0 aromatic rings. The van der Waals surface area contributed by atoms with Crippen LogP contribution in [0.3, 0.4) is 0 Å². The smallest absolute Gasteiger partial charge is 0.249 e. The fourth-order valence-corrected chi connectivity index (χ4v) is 1.51. The van der Waals surface area contributed by atoms with Crippen LogP contribution in [0.2, 0.25) is 0 Å². The molecule has 6 N–H and O–H groups in total. The summed E-state index contributed by atoms with van der Waals surface area (Å²) in [6.45, 7) is 2.18. The van der Waals surface area contributed by atoms with Crippen LogP contribution >= 0.6 is 0 Å². The fourth-order valence-electron chi connectivity index (χ4n) is 1.51. The summed E-state index contributed by atoms with van der Waals surface area (Å²) in [6.07, 6.45) is -7.03. The van der Waals surface area contributed by atoms with E-state index in [1.807, 2.05) is 0 Å². The van der Waals surface area contributed by atoms with Crippen molar-refractivity contribution in [1.29, 1.82) is 0 Å². The van der Waals surface area contributed by atoms with Crippen LogP contribution in [0.4, 0.5) is 0 Å². The Morgan fingerprint density at radius 3 is 2.28 bits per heavy atom. The summed E-state index contributed by atoms with van der Waals surface area (Å²) in [5.74, 6) is -0.778. The Balaban J connectivity index is 2.79. The molecule has 0 aromatic carbocycles. The minimum atomic E-state index is -1.55. The van der Waals surface area contributed by atoms with Crippen molar-refractivity contribution in [3.63, 3.8) is 0 Å². The first-order valence-electron chi connectivity index (χ1n) is 5.49. The summed E-state index contributed by atoms with van der Waals surface area (Å²) < 4.78 is 10.3. The van der Waals surface area contributed by atoms with E-state index in [0.29, 0.717) is 0 Å². The van der Waals surface area contributed by atoms with Crippen molar-refractivity contribution in [2.24, 2.45) is 5.73 Å². The lowest BCUT2D eigenvalue weighted by Crippen LogP contribution is -2.61. The number of hydrogen-bond acceptors (Lipinski definition) is 7. The van der Waals surface area contributed by atoms with E-state index in [9.17, 15) is 20.1 Å². The standard InChI is InChI=1S/C10H19NO7/c1-10(2,9(11)16)18-8-7(15)6(14)5(13)4(3-12)17-8/h4-8,12-15H,3H2,1-2H3,(H2,11,16)/t4-,5+,6+,7-,8+/m1/s1. The molecule has 0 bridgehead atoms. The van der Waals surface area contributed by atoms with E-state index in [4.69, 9.17) is 20.3 Å². The van der Waals surface area contributed by atoms with Crippen LogP contribution in [0.5, 0.6) is 0 Å². The van der Waals surface area contributed by atoms with Gasteiger partial charge in [0.1, 0.15) is 30.0 Å². The molecule has 5 atom stereocenters. The van der Waals surface area contributed by atoms with Crippen molar-refractivity contribution in [3.8, 4) is 0 Å². The van der Waals surface area contributed by atoms with E-state index in [2.05, 4.69) is 0 Å². The van der Waals surface area contributed by atoms with Crippen molar-refractivity contribution in [2.45, 2.75) is 50.2 Å². The molecule has 0 aromatic heterocycles. The quantitative estimate of drug-likeness (QED) is 0.366. The van der Waals surface area contributed by atoms with Crippen LogP contribution in [0.15, 0.2) is 0 Å². The number of carbonyl (C=O) groups is 1. The van der Waals surface area contributed by atoms with Gasteiger partial charge in [-0.15, -0.1) is 0 Å². The molecule has 0 aliphatic carbocycles. The lowest BCUT2D eigenvalue weighted by molar-refractivity contribution is -0.318. The van der Waals surface area contributed by atoms with E-state index in [1.54, 1.807) is 0 Å². The van der Waals surface area contributed by atoms with Crippen LogP contribution in [-0.2, 0) is 14.3 Å². The number of primary amides is 1. The van der Waals surface area contributed by atoms with Crippen LogP contribution in [0, 0.1) is 0 Å². The fraction of sp³-hybridized carbons (Fsp3) is 0.900. The monoisotopic (exact) mass is 265 g/mol. The second kappa shape index (κ2) is 5.47. The van der Waals surface area contributed by atoms with Gasteiger partial charge in [0.15, 0.2) is 6.29 Å². The van der Waals surface area contributed by atoms with Gasteiger partial charge in [0.05, 0.1) is 6.61 Å². The van der Waals surface area contributed by atoms with Crippen molar-refractivity contribution < 1.29 is 34.7 Å². The largest absolute Gasteiger partial charge is 0.394 e. The molecule has 8 heteroatoms. The zero-order chi connectivity index (χ0) is 14.1. The van der Waals surface area contributed by atoms with Gasteiger partial charge in [0, 0.05) is 0 Å². The number of aliphatic hydroxyl groups excluding tert-OH is 4. The minimum absolute atomic E-state index is 0.568. The molecule has 8 nitrogen and oxygen atoms in total. The van der Waals surface area contributed by atoms with Gasteiger partial charge in [-0.2, -0.15) is 0 Å². The maximum atomic E-state index is 11.1. The highest BCUT2D eigenvalue weighted by molar-refractivity contribution is 5.82. The third-order valence-corrected chi connectivity index (χ3v) is 2.85. The topological polar surface area (TPSA) is 142 Å². The third kappa shape index (κ3) is 2.97. The molecule has 1 amide bonds. The lowest BCUT2D eigenvalue weighted by atomic mass is 9.99. The van der Waals surface area contributed by atoms with Gasteiger partial charge in [-0.05, 0) is 13.8 Å². The molecule has 18 heavy (non-hydrogen) atoms. The Kier molecular flexibility index (Phi) is 4.65. The first-order valence-corrected chi connectivity index (χ1v) is 5.49. The van der Waals surface area contributed by atoms with Gasteiger partial charge < -0.3 is 35.6 Å². The van der Waals surface area contributed by atoms with E-state index in [0.717, 1.165) is 0 Å². The molecule has 106 valence electrons. The van der Waals surface area contributed by atoms with Gasteiger partial charge >= 0.3 is 0 Å². The highest BCUT2D eigenvalue weighted by Gasteiger charge is 2.46. The Morgan fingerprint density at radius 2 is 1.83 bits per heavy atom. The Morgan fingerprint density at radius 1 is 1.28 bits per heavy atom. The zero-order valence-corrected chi connectivity index (χ0v) is 10.2. The zero-order valence-electron chi connectivity index (χ0n) is 10.2. The molecule has 1 saturated heterocycles. The predicted molar refractivity (Wildman–Crippen MR) is 58.1 cm³/mol. The van der Waals surface area contributed by atoms with Gasteiger partial charge in [-0.3, -0.25) is 4.79 Å². The summed E-state index contributed by atoms with van der Waals surface area (Å²) in [4.78, 5) is 11.1. The number of nitrogens with two attached hydrogens (primary N) is 1. The van der Waals surface area contributed by atoms with Crippen LogP contribution in [0.25, 0.3) is 0 Å². The van der Waals surface area contributed by atoms with Crippen LogP contribution in [-0.4, -0.2) is 69.2 Å². The average molecular weight is 265 g/mol. The summed E-state index contributed by atoms with van der Waals surface area (Å²) in [5, 5.41) is 37.7. The van der Waals surface area contributed by atoms with Crippen LogP contribution in [0.1, 0.15) is 13.8 Å². The maximum absolute atomic E-state index is 11.1. The first-order chi connectivity index (χ1) is 8.20. The van der Waals surface area contributed by atoms with Crippen molar-refractivity contribution in [1.82, 2.24) is 0 Å². The van der Waals surface area contributed by atoms with Gasteiger partial charge in [0.25, 0.3) is 0 Å². The number of carbonyl (C=O) groups excluding carboxylic acids is 1. The minimum Gasteiger partial charge on any atom is -0.394 e. The summed E-state index contributed by atoms with van der Waals surface area (Å²) in [7, 11) is 0. The molecule has 0 spiro atoms. The van der Waals surface area contributed by atoms with Gasteiger partial charge in [0.2, 0.25) is 5.91 Å². The molecule has 1 aliphatic heterocycles. The maximum Gasteiger partial charge on any atom is 0.249 e. The molecular weight excluding hydrogens is 246 g/mol. The molecule has 0 unspecified atom stereocenters. The number of rotatable bonds is 4. The van der Waals surface area contributed by atoms with Crippen LogP contribution < -0.4 is 5.73 Å². The third-order valence-electron chi connectivity index (χ3n) is 2.85. The molecule has 1 aliphatic rings. The number of amides is 1. The predicted octanol–water partition coefficient (Wildman–Crippen LogP) is -2.93. The van der Waals surface area contributed by atoms with E-state index >= 15 is 0 Å². The van der Waals surface area contributed by atoms with Crippen molar-refractivity contribution in [3.05, 3.63) is 0 Å². The molecule has 1 rings (SSSR count). The lowest BCUT2D eigenvalue weighted by Gasteiger charge is -2.41. The highest BCUT2D eigenvalue weighted by Crippen LogP contribution is 2.25. The summed E-state index contributed by atoms with van der Waals surface area (Å²) in [6, 6.07) is 0. The highest BCUT2D eigenvalue weighted by atomic mass is 16.7. The molecule has 0 saturated carbocycles. The van der Waals surface area contributed by atoms with E-state index in [1.165, 1.54) is 13.8 Å². The molecule has 1 heterocycles. The summed E-state index contributed by atoms with van der Waals surface area (Å²) in [5.41, 5.74) is 3.68. The Labute approximate surface area is 104 Å². The van der Waals surface area contributed by atoms with E-state index in [-0.39, 0.29) is 0 Å². The second-order valence-corrected chi connectivity index (χ2v) is 4.69. The van der Waals surface area contributed by atoms with Gasteiger partial charge in [-0.1, -0.05) is 0 Å². The number of ether oxygens (including phenoxy) is 2. The number of hydrogen-bond donors (Lipinski definition) is 5. The van der Waals surface area contributed by atoms with E-state index < -0.39 is 48.8 Å². The second-order valence-electron chi connectivity index (χ2n) is 4.69. The summed E-state index contributed by atoms with van der Waals surface area (Å²) >= 11 is 0.